The Kier molecular flexibility index (Phi) is 4.62. The molecule has 17 heavy (non-hydrogen) atoms. The molecular formula is C13H21N3O. The number of hydrogen-bond donors (Lipinski definition) is 2. The standard InChI is InChI=1S/C13H21N3O/c1-2-17-13-6-5-12(10-16-13)15-9-11-4-3-7-14-8-11/h5-6,10-11,14-15H,2-4,7-9H2,1H3. The summed E-state index contributed by atoms with van der Waals surface area (Å²) in [4.78, 5) is 4.23. The van der Waals surface area contributed by atoms with Crippen LogP contribution in [0.2, 0.25) is 0 Å². The van der Waals surface area contributed by atoms with Gasteiger partial charge < -0.3 is 15.4 Å². The van der Waals surface area contributed by atoms with Crippen molar-refractivity contribution in [2.45, 2.75) is 19.8 Å². The monoisotopic (exact) mass is 235 g/mol. The number of hydrogen-bond acceptors (Lipinski definition) is 4. The summed E-state index contributed by atoms with van der Waals surface area (Å²) in [6.45, 7) is 5.93. The molecule has 1 unspecified atom stereocenters. The Hall–Kier alpha value is -1.29. The first kappa shape index (κ1) is 12.2. The van der Waals surface area contributed by atoms with E-state index in [-0.39, 0.29) is 0 Å². The van der Waals surface area contributed by atoms with Crippen LogP contribution in [0, 0.1) is 5.92 Å². The fourth-order valence-electron chi connectivity index (χ4n) is 2.08. The van der Waals surface area contributed by atoms with Crippen LogP contribution in [0.5, 0.6) is 5.88 Å². The highest BCUT2D eigenvalue weighted by Crippen LogP contribution is 2.14. The Morgan fingerprint density at radius 3 is 3.12 bits per heavy atom. The molecule has 4 heteroatoms. The molecule has 1 aromatic rings. The minimum absolute atomic E-state index is 0.660. The molecular weight excluding hydrogens is 214 g/mol. The lowest BCUT2D eigenvalue weighted by molar-refractivity contribution is 0.327. The lowest BCUT2D eigenvalue weighted by Crippen LogP contribution is -2.33. The third kappa shape index (κ3) is 3.89. The number of nitrogens with one attached hydrogen (secondary N) is 2. The van der Waals surface area contributed by atoms with Gasteiger partial charge in [-0.3, -0.25) is 0 Å². The van der Waals surface area contributed by atoms with Crippen molar-refractivity contribution in [1.29, 1.82) is 0 Å². The van der Waals surface area contributed by atoms with Gasteiger partial charge in [-0.1, -0.05) is 0 Å². The first-order valence-electron chi connectivity index (χ1n) is 6.42. The summed E-state index contributed by atoms with van der Waals surface area (Å²) in [5.41, 5.74) is 1.07. The molecule has 2 rings (SSSR count). The number of piperidine rings is 1. The summed E-state index contributed by atoms with van der Waals surface area (Å²) in [5, 5.41) is 6.85. The van der Waals surface area contributed by atoms with Gasteiger partial charge in [0, 0.05) is 12.6 Å². The average molecular weight is 235 g/mol. The van der Waals surface area contributed by atoms with Gasteiger partial charge in [-0.15, -0.1) is 0 Å². The fraction of sp³-hybridized carbons (Fsp3) is 0.615. The summed E-state index contributed by atoms with van der Waals surface area (Å²) in [7, 11) is 0. The van der Waals surface area contributed by atoms with E-state index >= 15 is 0 Å². The minimum Gasteiger partial charge on any atom is -0.478 e. The Bertz CT molecular complexity index is 320. The molecule has 2 heterocycles. The molecule has 1 aromatic heterocycles. The van der Waals surface area contributed by atoms with Crippen LogP contribution in [0.25, 0.3) is 0 Å². The summed E-state index contributed by atoms with van der Waals surface area (Å²) in [5.74, 6) is 1.42. The highest BCUT2D eigenvalue weighted by molar-refractivity contribution is 5.42. The van der Waals surface area contributed by atoms with Crippen molar-refractivity contribution in [2.75, 3.05) is 31.6 Å². The van der Waals surface area contributed by atoms with Gasteiger partial charge in [-0.05, 0) is 44.8 Å². The van der Waals surface area contributed by atoms with E-state index in [2.05, 4.69) is 15.6 Å². The zero-order chi connectivity index (χ0) is 11.9. The maximum absolute atomic E-state index is 5.31. The van der Waals surface area contributed by atoms with Crippen molar-refractivity contribution in [3.8, 4) is 5.88 Å². The zero-order valence-corrected chi connectivity index (χ0v) is 10.4. The molecule has 0 spiro atoms. The minimum atomic E-state index is 0.660. The molecule has 94 valence electrons. The van der Waals surface area contributed by atoms with E-state index in [1.165, 1.54) is 19.4 Å². The molecule has 1 aliphatic rings. The predicted molar refractivity (Wildman–Crippen MR) is 69.5 cm³/mol. The number of rotatable bonds is 5. The van der Waals surface area contributed by atoms with Crippen molar-refractivity contribution in [1.82, 2.24) is 10.3 Å². The van der Waals surface area contributed by atoms with Crippen LogP contribution in [-0.4, -0.2) is 31.2 Å². The third-order valence-corrected chi connectivity index (χ3v) is 3.02. The van der Waals surface area contributed by atoms with Gasteiger partial charge in [0.1, 0.15) is 0 Å². The molecule has 1 atom stereocenters. The largest absolute Gasteiger partial charge is 0.478 e. The van der Waals surface area contributed by atoms with E-state index in [1.54, 1.807) is 0 Å². The second-order valence-corrected chi connectivity index (χ2v) is 4.41. The number of ether oxygens (including phenoxy) is 1. The summed E-state index contributed by atoms with van der Waals surface area (Å²) < 4.78 is 5.31. The van der Waals surface area contributed by atoms with Gasteiger partial charge in [-0.2, -0.15) is 0 Å². The van der Waals surface area contributed by atoms with E-state index in [1.807, 2.05) is 25.3 Å². The quantitative estimate of drug-likeness (QED) is 0.818. The molecule has 1 aliphatic heterocycles. The van der Waals surface area contributed by atoms with Gasteiger partial charge in [0.2, 0.25) is 5.88 Å². The van der Waals surface area contributed by atoms with Crippen LogP contribution in [0.3, 0.4) is 0 Å². The van der Waals surface area contributed by atoms with E-state index < -0.39 is 0 Å². The highest BCUT2D eigenvalue weighted by atomic mass is 16.5. The maximum atomic E-state index is 5.31. The first-order chi connectivity index (χ1) is 8.38. The van der Waals surface area contributed by atoms with E-state index in [0.29, 0.717) is 12.5 Å². The average Bonchev–Trinajstić information content (AvgIpc) is 2.40. The van der Waals surface area contributed by atoms with Gasteiger partial charge in [-0.25, -0.2) is 4.98 Å². The molecule has 0 bridgehead atoms. The van der Waals surface area contributed by atoms with Crippen LogP contribution >= 0.6 is 0 Å². The van der Waals surface area contributed by atoms with Gasteiger partial charge in [0.05, 0.1) is 18.5 Å². The Balaban J connectivity index is 1.77. The Labute approximate surface area is 103 Å². The van der Waals surface area contributed by atoms with Crippen LogP contribution < -0.4 is 15.4 Å². The van der Waals surface area contributed by atoms with Crippen LogP contribution in [0.15, 0.2) is 18.3 Å². The molecule has 0 aliphatic carbocycles. The number of pyridine rings is 1. The van der Waals surface area contributed by atoms with Crippen LogP contribution in [0.4, 0.5) is 5.69 Å². The molecule has 0 amide bonds. The lowest BCUT2D eigenvalue weighted by atomic mass is 10.00. The van der Waals surface area contributed by atoms with Crippen molar-refractivity contribution in [2.24, 2.45) is 5.92 Å². The smallest absolute Gasteiger partial charge is 0.213 e. The van der Waals surface area contributed by atoms with Crippen molar-refractivity contribution in [3.63, 3.8) is 0 Å². The van der Waals surface area contributed by atoms with Crippen LogP contribution in [0.1, 0.15) is 19.8 Å². The number of aromatic nitrogens is 1. The van der Waals surface area contributed by atoms with Crippen molar-refractivity contribution < 1.29 is 4.74 Å². The first-order valence-corrected chi connectivity index (χ1v) is 6.42. The summed E-state index contributed by atoms with van der Waals surface area (Å²) in [6.07, 6.45) is 4.43. The van der Waals surface area contributed by atoms with Crippen molar-refractivity contribution >= 4 is 5.69 Å². The Morgan fingerprint density at radius 2 is 2.47 bits per heavy atom. The molecule has 1 saturated heterocycles. The lowest BCUT2D eigenvalue weighted by Gasteiger charge is -2.23. The number of nitrogens with zero attached hydrogens (tertiary/aromatic N) is 1. The molecule has 4 nitrogen and oxygen atoms in total. The third-order valence-electron chi connectivity index (χ3n) is 3.02. The van der Waals surface area contributed by atoms with Gasteiger partial charge in [0.25, 0.3) is 0 Å². The van der Waals surface area contributed by atoms with Gasteiger partial charge >= 0.3 is 0 Å². The van der Waals surface area contributed by atoms with E-state index in [0.717, 1.165) is 24.7 Å². The normalized spacial score (nSPS) is 19.9. The molecule has 2 N–H and O–H groups in total. The van der Waals surface area contributed by atoms with Gasteiger partial charge in [0.15, 0.2) is 0 Å². The summed E-state index contributed by atoms with van der Waals surface area (Å²) >= 11 is 0. The second-order valence-electron chi connectivity index (χ2n) is 4.41. The van der Waals surface area contributed by atoms with E-state index in [9.17, 15) is 0 Å². The van der Waals surface area contributed by atoms with Crippen LogP contribution in [-0.2, 0) is 0 Å². The molecule has 1 fully saturated rings. The predicted octanol–water partition coefficient (Wildman–Crippen LogP) is 1.89. The zero-order valence-electron chi connectivity index (χ0n) is 10.4. The van der Waals surface area contributed by atoms with E-state index in [4.69, 9.17) is 4.74 Å². The SMILES string of the molecule is CCOc1ccc(NCC2CCCNC2)cn1. The Morgan fingerprint density at radius 1 is 1.53 bits per heavy atom. The molecule has 0 radical (unpaired) electrons. The number of anilines is 1. The highest BCUT2D eigenvalue weighted by Gasteiger charge is 2.12. The maximum Gasteiger partial charge on any atom is 0.213 e. The molecule has 0 aromatic carbocycles. The second kappa shape index (κ2) is 6.45. The topological polar surface area (TPSA) is 46.2 Å². The molecule has 0 saturated carbocycles. The summed E-state index contributed by atoms with van der Waals surface area (Å²) in [6, 6.07) is 3.93. The van der Waals surface area contributed by atoms with Crippen molar-refractivity contribution in [3.05, 3.63) is 18.3 Å². The fourth-order valence-corrected chi connectivity index (χ4v) is 2.08.